The van der Waals surface area contributed by atoms with Gasteiger partial charge in [0.15, 0.2) is 0 Å². The minimum Gasteiger partial charge on any atom is -0.366 e. The quantitative estimate of drug-likeness (QED) is 0.625. The van der Waals surface area contributed by atoms with Gasteiger partial charge >= 0.3 is 6.03 Å². The number of nitrogens with two attached hydrogens (primary N) is 1. The molecule has 150 valence electrons. The molecule has 2 aromatic rings. The van der Waals surface area contributed by atoms with Crippen LogP contribution < -0.4 is 16.4 Å². The van der Waals surface area contributed by atoms with Gasteiger partial charge in [0, 0.05) is 26.9 Å². The third-order valence-electron chi connectivity index (χ3n) is 4.50. The molecule has 1 saturated heterocycles. The van der Waals surface area contributed by atoms with E-state index in [1.807, 2.05) is 0 Å². The zero-order valence-electron chi connectivity index (χ0n) is 15.2. The topological polar surface area (TPSA) is 122 Å². The molecule has 0 bridgehead atoms. The highest BCUT2D eigenvalue weighted by molar-refractivity contribution is 6.35. The van der Waals surface area contributed by atoms with Crippen LogP contribution in [-0.4, -0.2) is 35.2 Å². The highest BCUT2D eigenvalue weighted by Crippen LogP contribution is 2.34. The largest absolute Gasteiger partial charge is 0.366 e. The van der Waals surface area contributed by atoms with Gasteiger partial charge in [0.2, 0.25) is 11.8 Å². The molecular weight excluding hydrogens is 419 g/mol. The molecule has 1 heterocycles. The summed E-state index contributed by atoms with van der Waals surface area (Å²) in [5.41, 5.74) is 4.77. The first-order valence-electron chi connectivity index (χ1n) is 8.41. The lowest BCUT2D eigenvalue weighted by Crippen LogP contribution is -2.42. The van der Waals surface area contributed by atoms with Crippen LogP contribution in [0.15, 0.2) is 42.5 Å². The number of primary amides is 1. The first-order valence-corrected chi connectivity index (χ1v) is 9.17. The molecule has 1 atom stereocenters. The molecule has 3 rings (SSSR count). The predicted molar refractivity (Wildman–Crippen MR) is 108 cm³/mol. The summed E-state index contributed by atoms with van der Waals surface area (Å²) in [4.78, 5) is 49.5. The van der Waals surface area contributed by atoms with Crippen LogP contribution in [0.4, 0.5) is 10.5 Å². The van der Waals surface area contributed by atoms with Crippen molar-refractivity contribution in [3.8, 4) is 0 Å². The van der Waals surface area contributed by atoms with Crippen molar-refractivity contribution in [2.24, 2.45) is 5.73 Å². The van der Waals surface area contributed by atoms with Gasteiger partial charge in [0.1, 0.15) is 12.1 Å². The third-order valence-corrected chi connectivity index (χ3v) is 5.05. The maximum Gasteiger partial charge on any atom is 0.325 e. The number of benzene rings is 2. The molecule has 0 radical (unpaired) electrons. The number of amides is 5. The molecular formula is C19H16Cl2N4O4. The lowest BCUT2D eigenvalue weighted by Gasteiger charge is -2.23. The van der Waals surface area contributed by atoms with Gasteiger partial charge in [0.05, 0.1) is 0 Å². The molecule has 1 unspecified atom stereocenters. The van der Waals surface area contributed by atoms with Crippen LogP contribution in [0.5, 0.6) is 0 Å². The van der Waals surface area contributed by atoms with Crippen LogP contribution in [0.2, 0.25) is 10.0 Å². The van der Waals surface area contributed by atoms with E-state index in [4.69, 9.17) is 28.9 Å². The van der Waals surface area contributed by atoms with Crippen LogP contribution in [0.25, 0.3) is 0 Å². The van der Waals surface area contributed by atoms with E-state index in [0.717, 1.165) is 4.90 Å². The summed E-state index contributed by atoms with van der Waals surface area (Å²) < 4.78 is 0. The number of anilines is 1. The molecule has 0 aromatic heterocycles. The molecule has 1 fully saturated rings. The molecule has 0 spiro atoms. The van der Waals surface area contributed by atoms with Gasteiger partial charge in [-0.25, -0.2) is 4.79 Å². The third kappa shape index (κ3) is 4.03. The van der Waals surface area contributed by atoms with Gasteiger partial charge in [-0.1, -0.05) is 29.3 Å². The van der Waals surface area contributed by atoms with Crippen LogP contribution in [0.1, 0.15) is 22.8 Å². The average Bonchev–Trinajstić information content (AvgIpc) is 2.85. The van der Waals surface area contributed by atoms with Gasteiger partial charge < -0.3 is 16.4 Å². The van der Waals surface area contributed by atoms with E-state index in [1.165, 1.54) is 37.3 Å². The molecule has 4 N–H and O–H groups in total. The number of nitrogens with one attached hydrogen (secondary N) is 2. The molecule has 1 aliphatic rings. The molecule has 8 nitrogen and oxygen atoms in total. The Morgan fingerprint density at radius 1 is 1.14 bits per heavy atom. The maximum absolute atomic E-state index is 12.9. The SMILES string of the molecule is CC1(c2ccc(Cl)cc2Cl)NC(=O)N(CC(=O)Nc2ccc(C(N)=O)cc2)C1=O. The van der Waals surface area contributed by atoms with Crippen LogP contribution in [-0.2, 0) is 15.1 Å². The van der Waals surface area contributed by atoms with Crippen molar-refractivity contribution in [1.82, 2.24) is 10.2 Å². The number of rotatable bonds is 5. The second kappa shape index (κ2) is 7.73. The Morgan fingerprint density at radius 3 is 2.38 bits per heavy atom. The number of hydrogen-bond acceptors (Lipinski definition) is 4. The minimum atomic E-state index is -1.43. The van der Waals surface area contributed by atoms with Gasteiger partial charge in [-0.2, -0.15) is 0 Å². The lowest BCUT2D eigenvalue weighted by atomic mass is 9.92. The van der Waals surface area contributed by atoms with E-state index in [1.54, 1.807) is 12.1 Å². The molecule has 1 aliphatic heterocycles. The van der Waals surface area contributed by atoms with Gasteiger partial charge in [-0.15, -0.1) is 0 Å². The Hall–Kier alpha value is -3.10. The van der Waals surface area contributed by atoms with Crippen molar-refractivity contribution >= 4 is 52.6 Å². The number of hydrogen-bond donors (Lipinski definition) is 3. The molecule has 5 amide bonds. The first kappa shape index (κ1) is 20.6. The number of carbonyl (C=O) groups excluding carboxylic acids is 4. The maximum atomic E-state index is 12.9. The Bertz CT molecular complexity index is 1030. The standard InChI is InChI=1S/C19H16Cl2N4O4/c1-19(13-7-4-11(20)8-14(13)21)17(28)25(18(29)24-19)9-15(26)23-12-5-2-10(3-6-12)16(22)27/h2-8H,9H2,1H3,(H2,22,27)(H,23,26)(H,24,29). The van der Waals surface area contributed by atoms with E-state index in [-0.39, 0.29) is 10.6 Å². The summed E-state index contributed by atoms with van der Waals surface area (Å²) >= 11 is 12.1. The Kier molecular flexibility index (Phi) is 5.50. The Balaban J connectivity index is 1.74. The summed E-state index contributed by atoms with van der Waals surface area (Å²) in [5, 5.41) is 5.73. The zero-order chi connectivity index (χ0) is 21.3. The van der Waals surface area contributed by atoms with E-state index in [9.17, 15) is 19.2 Å². The smallest absolute Gasteiger partial charge is 0.325 e. The lowest BCUT2D eigenvalue weighted by molar-refractivity contribution is -0.133. The fraction of sp³-hybridized carbons (Fsp3) is 0.158. The van der Waals surface area contributed by atoms with Crippen molar-refractivity contribution in [1.29, 1.82) is 0 Å². The van der Waals surface area contributed by atoms with Crippen LogP contribution in [0, 0.1) is 0 Å². The average molecular weight is 435 g/mol. The van der Waals surface area contributed by atoms with Crippen molar-refractivity contribution in [3.05, 3.63) is 63.6 Å². The normalized spacial score (nSPS) is 18.5. The van der Waals surface area contributed by atoms with Crippen molar-refractivity contribution in [3.63, 3.8) is 0 Å². The fourth-order valence-corrected chi connectivity index (χ4v) is 3.58. The van der Waals surface area contributed by atoms with Crippen LogP contribution in [0.3, 0.4) is 0 Å². The van der Waals surface area contributed by atoms with Gasteiger partial charge in [-0.3, -0.25) is 19.3 Å². The Labute approximate surface area is 175 Å². The van der Waals surface area contributed by atoms with E-state index in [2.05, 4.69) is 10.6 Å². The summed E-state index contributed by atoms with van der Waals surface area (Å²) in [7, 11) is 0. The second-order valence-electron chi connectivity index (χ2n) is 6.56. The number of nitrogens with zero attached hydrogens (tertiary/aromatic N) is 1. The zero-order valence-corrected chi connectivity index (χ0v) is 16.7. The second-order valence-corrected chi connectivity index (χ2v) is 7.40. The summed E-state index contributed by atoms with van der Waals surface area (Å²) in [6.07, 6.45) is 0. The number of urea groups is 1. The van der Waals surface area contributed by atoms with E-state index in [0.29, 0.717) is 16.3 Å². The van der Waals surface area contributed by atoms with Gasteiger partial charge in [0.25, 0.3) is 5.91 Å². The monoisotopic (exact) mass is 434 g/mol. The highest BCUT2D eigenvalue weighted by Gasteiger charge is 2.50. The van der Waals surface area contributed by atoms with Crippen molar-refractivity contribution < 1.29 is 19.2 Å². The number of halogens is 2. The molecule has 29 heavy (non-hydrogen) atoms. The predicted octanol–water partition coefficient (Wildman–Crippen LogP) is 2.50. The molecule has 0 saturated carbocycles. The number of imide groups is 1. The van der Waals surface area contributed by atoms with Crippen molar-refractivity contribution in [2.75, 3.05) is 11.9 Å². The summed E-state index contributed by atoms with van der Waals surface area (Å²) in [5.74, 6) is -1.81. The fourth-order valence-electron chi connectivity index (χ4n) is 2.98. The van der Waals surface area contributed by atoms with E-state index >= 15 is 0 Å². The van der Waals surface area contributed by atoms with Crippen molar-refractivity contribution in [2.45, 2.75) is 12.5 Å². The highest BCUT2D eigenvalue weighted by atomic mass is 35.5. The minimum absolute atomic E-state index is 0.217. The molecule has 2 aromatic carbocycles. The number of carbonyl (C=O) groups is 4. The first-order chi connectivity index (χ1) is 13.6. The van der Waals surface area contributed by atoms with Gasteiger partial charge in [-0.05, 0) is 43.3 Å². The molecule has 0 aliphatic carbocycles. The summed E-state index contributed by atoms with van der Waals surface area (Å²) in [6.45, 7) is 1.01. The molecule has 10 heteroatoms. The van der Waals surface area contributed by atoms with E-state index < -0.39 is 35.8 Å². The van der Waals surface area contributed by atoms with Crippen LogP contribution >= 0.6 is 23.2 Å². The summed E-state index contributed by atoms with van der Waals surface area (Å²) in [6, 6.07) is 9.72. The Morgan fingerprint density at radius 2 is 1.79 bits per heavy atom.